The minimum absolute atomic E-state index is 1.04. The highest BCUT2D eigenvalue weighted by molar-refractivity contribution is 5.52. The molecule has 0 atom stereocenters. The molecule has 2 N–H and O–H groups in total. The molecule has 10 heavy (non-hydrogen) atoms. The van der Waals surface area contributed by atoms with Crippen LogP contribution in [-0.2, 0) is 0 Å². The molecule has 0 heterocycles. The molecule has 0 unspecified atom stereocenters. The Bertz CT molecular complexity index is 104. The molecule has 0 aromatic carbocycles. The lowest BCUT2D eigenvalue weighted by Gasteiger charge is -1.86. The van der Waals surface area contributed by atoms with Gasteiger partial charge in [0.1, 0.15) is 0 Å². The van der Waals surface area contributed by atoms with Crippen molar-refractivity contribution in [3.63, 3.8) is 0 Å². The lowest BCUT2D eigenvalue weighted by atomic mass is 10.3. The Morgan fingerprint density at radius 3 is 2.30 bits per heavy atom. The number of aliphatic imine (C=N–C) groups is 1. The topological polar surface area (TPSA) is 38.4 Å². The van der Waals surface area contributed by atoms with Crippen LogP contribution in [0, 0.1) is 0 Å². The number of allylic oxidation sites excluding steroid dienone is 1. The second kappa shape index (κ2) is 11.1. The smallest absolute Gasteiger partial charge is 0.0852 e. The van der Waals surface area contributed by atoms with Gasteiger partial charge in [0.05, 0.1) is 6.34 Å². The zero-order valence-corrected chi connectivity index (χ0v) is 7.39. The summed E-state index contributed by atoms with van der Waals surface area (Å²) in [7, 11) is 0. The summed E-state index contributed by atoms with van der Waals surface area (Å²) in [5.74, 6) is 0. The Kier molecular flexibility index (Phi) is 13.2. The van der Waals surface area contributed by atoms with E-state index in [1.807, 2.05) is 20.8 Å². The summed E-state index contributed by atoms with van der Waals surface area (Å²) in [4.78, 5) is 3.73. The molecule has 0 aliphatic heterocycles. The Hall–Kier alpha value is -0.790. The second-order valence-electron chi connectivity index (χ2n) is 1.63. The summed E-state index contributed by atoms with van der Waals surface area (Å²) < 4.78 is 0. The highest BCUT2D eigenvalue weighted by Gasteiger charge is 1.76. The van der Waals surface area contributed by atoms with Crippen molar-refractivity contribution in [2.24, 2.45) is 10.7 Å². The van der Waals surface area contributed by atoms with Gasteiger partial charge in [0.25, 0.3) is 0 Å². The van der Waals surface area contributed by atoms with Crippen molar-refractivity contribution in [3.05, 3.63) is 11.8 Å². The van der Waals surface area contributed by atoms with Gasteiger partial charge >= 0.3 is 0 Å². The van der Waals surface area contributed by atoms with Crippen LogP contribution < -0.4 is 5.73 Å². The van der Waals surface area contributed by atoms with Gasteiger partial charge in [-0.1, -0.05) is 26.3 Å². The van der Waals surface area contributed by atoms with Gasteiger partial charge in [-0.05, 0) is 13.3 Å². The number of nitrogens with two attached hydrogens (primary N) is 1. The third-order valence-corrected chi connectivity index (χ3v) is 0.939. The van der Waals surface area contributed by atoms with E-state index in [2.05, 4.69) is 11.9 Å². The van der Waals surface area contributed by atoms with E-state index in [9.17, 15) is 0 Å². The number of hydrogen-bond acceptors (Lipinski definition) is 1. The fourth-order valence-corrected chi connectivity index (χ4v) is 0.262. The third-order valence-electron chi connectivity index (χ3n) is 0.939. The van der Waals surface area contributed by atoms with Gasteiger partial charge in [-0.2, -0.15) is 0 Å². The fourth-order valence-electron chi connectivity index (χ4n) is 0.262. The third kappa shape index (κ3) is 10.2. The van der Waals surface area contributed by atoms with Crippen LogP contribution >= 0.6 is 0 Å². The molecule has 0 aliphatic carbocycles. The molecule has 2 heteroatoms. The molecule has 0 fully saturated rings. The second-order valence-corrected chi connectivity index (χ2v) is 1.63. The van der Waals surface area contributed by atoms with Crippen molar-refractivity contribution < 1.29 is 0 Å². The molecular weight excluding hydrogens is 124 g/mol. The summed E-state index contributed by atoms with van der Waals surface area (Å²) in [6.07, 6.45) is 4.09. The maximum absolute atomic E-state index is 5.00. The first-order valence-corrected chi connectivity index (χ1v) is 3.70. The molecule has 2 nitrogen and oxygen atoms in total. The lowest BCUT2D eigenvalue weighted by Crippen LogP contribution is -1.85. The number of hydrogen-bond donors (Lipinski definition) is 1. The Morgan fingerprint density at radius 2 is 2.00 bits per heavy atom. The largest absolute Gasteiger partial charge is 0.390 e. The molecule has 60 valence electrons. The monoisotopic (exact) mass is 142 g/mol. The summed E-state index contributed by atoms with van der Waals surface area (Å²) in [6, 6.07) is 0. The van der Waals surface area contributed by atoms with Crippen LogP contribution in [0.1, 0.15) is 34.1 Å². The van der Waals surface area contributed by atoms with E-state index in [0.29, 0.717) is 0 Å². The van der Waals surface area contributed by atoms with E-state index >= 15 is 0 Å². The minimum Gasteiger partial charge on any atom is -0.390 e. The van der Waals surface area contributed by atoms with Crippen LogP contribution in [0.5, 0.6) is 0 Å². The van der Waals surface area contributed by atoms with E-state index in [-0.39, 0.29) is 0 Å². The van der Waals surface area contributed by atoms with Gasteiger partial charge in [0, 0.05) is 6.20 Å². The average molecular weight is 142 g/mol. The molecule has 0 aliphatic rings. The SMILES string of the molecule is CC.CC/C(C)=C\N=CN. The first-order valence-electron chi connectivity index (χ1n) is 3.70. The summed E-state index contributed by atoms with van der Waals surface area (Å²) >= 11 is 0. The van der Waals surface area contributed by atoms with Crippen molar-refractivity contribution in [1.29, 1.82) is 0 Å². The van der Waals surface area contributed by atoms with Gasteiger partial charge in [0.2, 0.25) is 0 Å². The van der Waals surface area contributed by atoms with Crippen LogP contribution in [0.25, 0.3) is 0 Å². The van der Waals surface area contributed by atoms with Crippen molar-refractivity contribution >= 4 is 6.34 Å². The highest BCUT2D eigenvalue weighted by Crippen LogP contribution is 1.95. The average Bonchev–Trinajstić information content (AvgIpc) is 2.04. The van der Waals surface area contributed by atoms with Crippen LogP contribution in [0.4, 0.5) is 0 Å². The molecule has 0 radical (unpaired) electrons. The Labute approximate surface area is 63.8 Å². The van der Waals surface area contributed by atoms with Crippen molar-refractivity contribution in [3.8, 4) is 0 Å². The molecule has 0 amide bonds. The fraction of sp³-hybridized carbons (Fsp3) is 0.625. The predicted octanol–water partition coefficient (Wildman–Crippen LogP) is 2.31. The van der Waals surface area contributed by atoms with E-state index < -0.39 is 0 Å². The van der Waals surface area contributed by atoms with Gasteiger partial charge in [-0.3, -0.25) is 0 Å². The standard InChI is InChI=1S/C6H12N2.C2H6/c1-3-6(2)4-8-5-7;1-2/h4-5H,3H2,1-2H3,(H2,7,8);1-2H3/b6-4-;. The maximum atomic E-state index is 5.00. The van der Waals surface area contributed by atoms with E-state index in [4.69, 9.17) is 5.73 Å². The van der Waals surface area contributed by atoms with Gasteiger partial charge in [0.15, 0.2) is 0 Å². The van der Waals surface area contributed by atoms with E-state index in [1.165, 1.54) is 11.9 Å². The minimum atomic E-state index is 1.04. The molecule has 0 aromatic heterocycles. The first-order chi connectivity index (χ1) is 4.81. The van der Waals surface area contributed by atoms with Crippen molar-refractivity contribution in [1.82, 2.24) is 0 Å². The molecule has 0 saturated heterocycles. The summed E-state index contributed by atoms with van der Waals surface area (Å²) in [6.45, 7) is 8.10. The normalized spacial score (nSPS) is 11.0. The summed E-state index contributed by atoms with van der Waals surface area (Å²) in [5, 5.41) is 0. The van der Waals surface area contributed by atoms with Crippen LogP contribution in [0.15, 0.2) is 16.8 Å². The van der Waals surface area contributed by atoms with Gasteiger partial charge in [-0.25, -0.2) is 4.99 Å². The van der Waals surface area contributed by atoms with Crippen molar-refractivity contribution in [2.75, 3.05) is 0 Å². The first kappa shape index (κ1) is 11.9. The van der Waals surface area contributed by atoms with Crippen LogP contribution in [0.3, 0.4) is 0 Å². The van der Waals surface area contributed by atoms with E-state index in [0.717, 1.165) is 6.42 Å². The Balaban J connectivity index is 0. The molecule has 0 spiro atoms. The van der Waals surface area contributed by atoms with Crippen LogP contribution in [0.2, 0.25) is 0 Å². The number of nitrogens with zero attached hydrogens (tertiary/aromatic N) is 1. The molecule has 0 rings (SSSR count). The van der Waals surface area contributed by atoms with Crippen molar-refractivity contribution in [2.45, 2.75) is 34.1 Å². The molecular formula is C8H18N2. The molecule has 0 bridgehead atoms. The Morgan fingerprint density at radius 1 is 1.50 bits per heavy atom. The zero-order valence-electron chi connectivity index (χ0n) is 7.39. The van der Waals surface area contributed by atoms with Crippen LogP contribution in [-0.4, -0.2) is 6.34 Å². The zero-order chi connectivity index (χ0) is 8.41. The quantitative estimate of drug-likeness (QED) is 0.466. The van der Waals surface area contributed by atoms with Gasteiger partial charge in [-0.15, -0.1) is 0 Å². The summed E-state index contributed by atoms with van der Waals surface area (Å²) in [5.41, 5.74) is 6.24. The highest BCUT2D eigenvalue weighted by atomic mass is 14.8. The molecule has 0 saturated carbocycles. The molecule has 0 aromatic rings. The predicted molar refractivity (Wildman–Crippen MR) is 48.1 cm³/mol. The lowest BCUT2D eigenvalue weighted by molar-refractivity contribution is 1.09. The maximum Gasteiger partial charge on any atom is 0.0852 e. The van der Waals surface area contributed by atoms with E-state index in [1.54, 1.807) is 6.20 Å². The number of rotatable bonds is 2. The van der Waals surface area contributed by atoms with Gasteiger partial charge < -0.3 is 5.73 Å².